The van der Waals surface area contributed by atoms with Crippen molar-refractivity contribution in [1.29, 1.82) is 0 Å². The first-order chi connectivity index (χ1) is 8.70. The summed E-state index contributed by atoms with van der Waals surface area (Å²) < 4.78 is 0. The molecule has 2 rings (SSSR count). The molecule has 1 amide bonds. The Morgan fingerprint density at radius 3 is 2.68 bits per heavy atom. The van der Waals surface area contributed by atoms with Crippen LogP contribution in [0, 0.1) is 5.92 Å². The maximum Gasteiger partial charge on any atom is 0.233 e. The fraction of sp³-hybridized carbons (Fsp3) is 0.500. The van der Waals surface area contributed by atoms with Gasteiger partial charge >= 0.3 is 0 Å². The Bertz CT molecular complexity index is 402. The van der Waals surface area contributed by atoms with E-state index in [1.165, 1.54) is 0 Å². The highest BCUT2D eigenvalue weighted by Gasteiger charge is 2.31. The third-order valence-electron chi connectivity index (χ3n) is 3.42. The monoisotopic (exact) mass is 300 g/mol. The van der Waals surface area contributed by atoms with Gasteiger partial charge < -0.3 is 10.6 Å². The predicted molar refractivity (Wildman–Crippen MR) is 82.8 cm³/mol. The van der Waals surface area contributed by atoms with Gasteiger partial charge in [-0.3, -0.25) is 4.79 Å². The van der Waals surface area contributed by atoms with Gasteiger partial charge in [0.15, 0.2) is 0 Å². The Balaban J connectivity index is 0.00000180. The van der Waals surface area contributed by atoms with Gasteiger partial charge in [-0.1, -0.05) is 18.2 Å². The molecule has 2 atom stereocenters. The maximum atomic E-state index is 12.2. The molecule has 1 fully saturated rings. The number of likely N-dealkylation sites (tertiary alicyclic amines) is 1. The molecule has 106 valence electrons. The van der Waals surface area contributed by atoms with Crippen molar-refractivity contribution in [2.24, 2.45) is 11.7 Å². The first kappa shape index (κ1) is 16.3. The third-order valence-corrected chi connectivity index (χ3v) is 4.42. The van der Waals surface area contributed by atoms with Gasteiger partial charge in [0.25, 0.3) is 0 Å². The van der Waals surface area contributed by atoms with E-state index in [0.717, 1.165) is 17.9 Å². The Kier molecular flexibility index (Phi) is 6.69. The largest absolute Gasteiger partial charge is 0.339 e. The van der Waals surface area contributed by atoms with Gasteiger partial charge in [-0.2, -0.15) is 0 Å². The number of halogens is 1. The van der Waals surface area contributed by atoms with Gasteiger partial charge in [-0.25, -0.2) is 0 Å². The molecule has 2 unspecified atom stereocenters. The van der Waals surface area contributed by atoms with Crippen LogP contribution < -0.4 is 5.73 Å². The summed E-state index contributed by atoms with van der Waals surface area (Å²) in [7, 11) is 0. The molecule has 1 heterocycles. The fourth-order valence-electron chi connectivity index (χ4n) is 2.41. The van der Waals surface area contributed by atoms with Crippen LogP contribution >= 0.6 is 24.2 Å². The predicted octanol–water partition coefficient (Wildman–Crippen LogP) is 2.40. The normalized spacial score (nSPS) is 22.1. The zero-order chi connectivity index (χ0) is 13.0. The number of benzene rings is 1. The van der Waals surface area contributed by atoms with Crippen molar-refractivity contribution in [3.05, 3.63) is 30.3 Å². The number of thioether (sulfide) groups is 1. The second-order valence-electron chi connectivity index (χ2n) is 4.83. The lowest BCUT2D eigenvalue weighted by Gasteiger charge is -2.21. The molecule has 19 heavy (non-hydrogen) atoms. The van der Waals surface area contributed by atoms with Crippen LogP contribution in [-0.4, -0.2) is 35.7 Å². The molecule has 1 aromatic carbocycles. The standard InChI is InChI=1S/C14H20N2OS.ClH/c1-11-7-12(8-15)9-16(11)14(17)10-18-13-5-3-2-4-6-13;/h2-6,11-12H,7-10,15H2,1H3;1H. The summed E-state index contributed by atoms with van der Waals surface area (Å²) in [5, 5.41) is 0. The zero-order valence-electron chi connectivity index (χ0n) is 11.1. The van der Waals surface area contributed by atoms with Crippen molar-refractivity contribution in [2.75, 3.05) is 18.8 Å². The summed E-state index contributed by atoms with van der Waals surface area (Å²) in [5.41, 5.74) is 5.68. The zero-order valence-corrected chi connectivity index (χ0v) is 12.8. The van der Waals surface area contributed by atoms with Crippen LogP contribution in [0.4, 0.5) is 0 Å². The van der Waals surface area contributed by atoms with Crippen LogP contribution in [0.15, 0.2) is 35.2 Å². The first-order valence-corrected chi connectivity index (χ1v) is 7.36. The molecular weight excluding hydrogens is 280 g/mol. The van der Waals surface area contributed by atoms with E-state index in [1.54, 1.807) is 11.8 Å². The molecule has 0 aromatic heterocycles. The van der Waals surface area contributed by atoms with E-state index >= 15 is 0 Å². The second-order valence-corrected chi connectivity index (χ2v) is 5.88. The first-order valence-electron chi connectivity index (χ1n) is 6.38. The molecule has 0 aliphatic carbocycles. The molecule has 1 aliphatic heterocycles. The number of carbonyl (C=O) groups excluding carboxylic acids is 1. The number of nitrogens with two attached hydrogens (primary N) is 1. The Labute approximate surface area is 125 Å². The number of carbonyl (C=O) groups is 1. The number of rotatable bonds is 4. The SMILES string of the molecule is CC1CC(CN)CN1C(=O)CSc1ccccc1.Cl. The summed E-state index contributed by atoms with van der Waals surface area (Å²) in [6, 6.07) is 10.4. The minimum absolute atomic E-state index is 0. The maximum absolute atomic E-state index is 12.2. The van der Waals surface area contributed by atoms with Crippen LogP contribution in [-0.2, 0) is 4.79 Å². The summed E-state index contributed by atoms with van der Waals surface area (Å²) in [6.07, 6.45) is 1.04. The van der Waals surface area contributed by atoms with Gasteiger partial charge in [0.05, 0.1) is 5.75 Å². The van der Waals surface area contributed by atoms with Crippen molar-refractivity contribution in [2.45, 2.75) is 24.3 Å². The molecule has 0 saturated carbocycles. The number of nitrogens with zero attached hydrogens (tertiary/aromatic N) is 1. The van der Waals surface area contributed by atoms with Crippen molar-refractivity contribution >= 4 is 30.1 Å². The molecule has 2 N–H and O–H groups in total. The van der Waals surface area contributed by atoms with E-state index in [2.05, 4.69) is 6.92 Å². The fourth-order valence-corrected chi connectivity index (χ4v) is 3.21. The lowest BCUT2D eigenvalue weighted by molar-refractivity contribution is -0.128. The van der Waals surface area contributed by atoms with Crippen molar-refractivity contribution in [3.63, 3.8) is 0 Å². The number of hydrogen-bond acceptors (Lipinski definition) is 3. The van der Waals surface area contributed by atoms with E-state index < -0.39 is 0 Å². The molecular formula is C14H21ClN2OS. The topological polar surface area (TPSA) is 46.3 Å². The lowest BCUT2D eigenvalue weighted by atomic mass is 10.1. The second kappa shape index (κ2) is 7.78. The molecule has 0 radical (unpaired) electrons. The highest BCUT2D eigenvalue weighted by atomic mass is 35.5. The lowest BCUT2D eigenvalue weighted by Crippen LogP contribution is -2.35. The molecule has 0 bridgehead atoms. The average Bonchev–Trinajstić information content (AvgIpc) is 2.78. The van der Waals surface area contributed by atoms with Gasteiger partial charge in [0.2, 0.25) is 5.91 Å². The molecule has 0 spiro atoms. The van der Waals surface area contributed by atoms with E-state index in [4.69, 9.17) is 5.73 Å². The summed E-state index contributed by atoms with van der Waals surface area (Å²) in [4.78, 5) is 15.3. The van der Waals surface area contributed by atoms with Crippen LogP contribution in [0.1, 0.15) is 13.3 Å². The molecule has 3 nitrogen and oxygen atoms in total. The van der Waals surface area contributed by atoms with Crippen LogP contribution in [0.3, 0.4) is 0 Å². The summed E-state index contributed by atoms with van der Waals surface area (Å²) in [5.74, 6) is 1.23. The molecule has 1 aromatic rings. The van der Waals surface area contributed by atoms with Gasteiger partial charge in [0.1, 0.15) is 0 Å². The minimum Gasteiger partial charge on any atom is -0.339 e. The Hall–Kier alpha value is -0.710. The summed E-state index contributed by atoms with van der Waals surface area (Å²) >= 11 is 1.60. The average molecular weight is 301 g/mol. The minimum atomic E-state index is 0. The van der Waals surface area contributed by atoms with E-state index in [-0.39, 0.29) is 18.3 Å². The quantitative estimate of drug-likeness (QED) is 0.869. The van der Waals surface area contributed by atoms with E-state index in [0.29, 0.717) is 24.3 Å². The van der Waals surface area contributed by atoms with Gasteiger partial charge in [-0.15, -0.1) is 24.2 Å². The molecule has 1 aliphatic rings. The molecule has 1 saturated heterocycles. The van der Waals surface area contributed by atoms with Gasteiger partial charge in [-0.05, 0) is 37.9 Å². The van der Waals surface area contributed by atoms with Crippen molar-refractivity contribution < 1.29 is 4.79 Å². The van der Waals surface area contributed by atoms with Crippen LogP contribution in [0.5, 0.6) is 0 Å². The van der Waals surface area contributed by atoms with E-state index in [1.807, 2.05) is 35.2 Å². The Morgan fingerprint density at radius 1 is 1.42 bits per heavy atom. The molecule has 5 heteroatoms. The smallest absolute Gasteiger partial charge is 0.233 e. The summed E-state index contributed by atoms with van der Waals surface area (Å²) in [6.45, 7) is 3.62. The number of amides is 1. The third kappa shape index (κ3) is 4.41. The van der Waals surface area contributed by atoms with Gasteiger partial charge in [0, 0.05) is 17.5 Å². The van der Waals surface area contributed by atoms with E-state index in [9.17, 15) is 4.79 Å². The highest BCUT2D eigenvalue weighted by Crippen LogP contribution is 2.24. The van der Waals surface area contributed by atoms with Crippen LogP contribution in [0.25, 0.3) is 0 Å². The Morgan fingerprint density at radius 2 is 2.11 bits per heavy atom. The highest BCUT2D eigenvalue weighted by molar-refractivity contribution is 8.00. The number of hydrogen-bond donors (Lipinski definition) is 1. The van der Waals surface area contributed by atoms with Crippen molar-refractivity contribution in [1.82, 2.24) is 4.90 Å². The van der Waals surface area contributed by atoms with Crippen molar-refractivity contribution in [3.8, 4) is 0 Å². The van der Waals surface area contributed by atoms with Crippen LogP contribution in [0.2, 0.25) is 0 Å².